The molecule has 5 rings (SSSR count). The average Bonchev–Trinajstić information content (AvgIpc) is 3.41. The van der Waals surface area contributed by atoms with Crippen molar-refractivity contribution in [3.63, 3.8) is 0 Å². The van der Waals surface area contributed by atoms with Gasteiger partial charge in [0.05, 0.1) is 18.6 Å². The molecule has 0 bridgehead atoms. The van der Waals surface area contributed by atoms with E-state index in [2.05, 4.69) is 36.3 Å². The van der Waals surface area contributed by atoms with Gasteiger partial charge >= 0.3 is 24.3 Å². The lowest BCUT2D eigenvalue weighted by Crippen LogP contribution is -2.21. The van der Waals surface area contributed by atoms with Gasteiger partial charge < -0.3 is 26.2 Å². The van der Waals surface area contributed by atoms with Crippen LogP contribution in [0.15, 0.2) is 61.2 Å². The molecule has 0 amide bonds. The minimum Gasteiger partial charge on any atom is -0.475 e. The third kappa shape index (κ3) is 8.26. The summed E-state index contributed by atoms with van der Waals surface area (Å²) >= 11 is 0. The number of rotatable bonds is 4. The van der Waals surface area contributed by atoms with Crippen LogP contribution in [-0.2, 0) is 9.59 Å². The van der Waals surface area contributed by atoms with E-state index in [1.165, 1.54) is 12.3 Å². The van der Waals surface area contributed by atoms with Gasteiger partial charge in [-0.1, -0.05) is 36.4 Å². The fourth-order valence-corrected chi connectivity index (χ4v) is 3.76. The van der Waals surface area contributed by atoms with E-state index in [1.807, 2.05) is 37.3 Å². The minimum atomic E-state index is -5.08. The molecule has 0 aliphatic rings. The number of nitrogens with one attached hydrogen (secondary N) is 2. The van der Waals surface area contributed by atoms with Crippen molar-refractivity contribution in [2.24, 2.45) is 0 Å². The molecule has 232 valence electrons. The van der Waals surface area contributed by atoms with Crippen LogP contribution < -0.4 is 11.1 Å². The molecule has 0 aliphatic heterocycles. The summed E-state index contributed by atoms with van der Waals surface area (Å²) in [5, 5.41) is 19.7. The Balaban J connectivity index is 0.000000317. The number of hydrogen-bond acceptors (Lipinski definition) is 8. The van der Waals surface area contributed by atoms with Crippen molar-refractivity contribution in [3.8, 4) is 11.1 Å². The first-order valence-corrected chi connectivity index (χ1v) is 11.9. The first kappa shape index (κ1) is 33.0. The molecule has 0 saturated heterocycles. The molecule has 5 aromatic rings. The molecule has 44 heavy (non-hydrogen) atoms. The average molecular weight is 627 g/mol. The van der Waals surface area contributed by atoms with E-state index in [1.54, 1.807) is 12.5 Å². The van der Waals surface area contributed by atoms with Gasteiger partial charge in [0.2, 0.25) is 5.95 Å². The summed E-state index contributed by atoms with van der Waals surface area (Å²) in [4.78, 5) is 37.5. The van der Waals surface area contributed by atoms with E-state index in [0.29, 0.717) is 22.5 Å². The van der Waals surface area contributed by atoms with Crippen molar-refractivity contribution in [2.45, 2.75) is 25.3 Å². The number of carboxylic acid groups (broad SMARTS) is 2. The molecule has 0 saturated carbocycles. The van der Waals surface area contributed by atoms with Crippen molar-refractivity contribution >= 4 is 45.6 Å². The smallest absolute Gasteiger partial charge is 0.475 e. The highest BCUT2D eigenvalue weighted by atomic mass is 19.4. The van der Waals surface area contributed by atoms with Crippen molar-refractivity contribution in [3.05, 3.63) is 72.6 Å². The molecule has 1 atom stereocenters. The molecule has 0 aliphatic carbocycles. The van der Waals surface area contributed by atoms with Crippen LogP contribution in [-0.4, -0.2) is 59.4 Å². The lowest BCUT2D eigenvalue weighted by atomic mass is 9.91. The van der Waals surface area contributed by atoms with Crippen molar-refractivity contribution < 1.29 is 50.5 Å². The number of aliphatic carboxylic acids is 2. The number of aromatic nitrogens is 5. The number of pyridine rings is 1. The zero-order valence-electron chi connectivity index (χ0n) is 22.1. The van der Waals surface area contributed by atoms with Crippen LogP contribution >= 0.6 is 0 Å². The molecule has 6 N–H and O–H groups in total. The predicted octanol–water partition coefficient (Wildman–Crippen LogP) is 5.73. The van der Waals surface area contributed by atoms with E-state index in [9.17, 15) is 30.7 Å². The quantitative estimate of drug-likeness (QED) is 0.155. The molecule has 3 aromatic heterocycles. The van der Waals surface area contributed by atoms with Gasteiger partial charge in [0.1, 0.15) is 11.3 Å². The Morgan fingerprint density at radius 1 is 0.955 bits per heavy atom. The van der Waals surface area contributed by atoms with Crippen LogP contribution in [0, 0.1) is 5.82 Å². The van der Waals surface area contributed by atoms with Crippen LogP contribution in [0.4, 0.5) is 42.5 Å². The molecule has 3 heterocycles. The normalized spacial score (nSPS) is 12.0. The van der Waals surface area contributed by atoms with Crippen LogP contribution in [0.3, 0.4) is 0 Å². The second-order valence-corrected chi connectivity index (χ2v) is 8.65. The maximum atomic E-state index is 14.0. The van der Waals surface area contributed by atoms with Gasteiger partial charge in [0, 0.05) is 11.8 Å². The molecule has 18 heteroatoms. The Hall–Kier alpha value is -5.55. The lowest BCUT2D eigenvalue weighted by Gasteiger charge is -2.21. The summed E-state index contributed by atoms with van der Waals surface area (Å²) < 4.78 is 77.5. The lowest BCUT2D eigenvalue weighted by molar-refractivity contribution is -0.193. The van der Waals surface area contributed by atoms with E-state index in [0.717, 1.165) is 21.9 Å². The highest BCUT2D eigenvalue weighted by Gasteiger charge is 2.38. The third-order valence-electron chi connectivity index (χ3n) is 5.56. The number of nitrogen functional groups attached to an aromatic ring is 1. The standard InChI is InChI=1S/C22H18FN7.2C2HF3O2/c1-12(28-21-19-20(27-11-26-19)29-22(24)30-21)16-7-6-13-4-2-3-5-17(13)18(16)14-8-15(23)10-25-9-14;2*3-2(4,5)1(6)7/h2-12H,1H3,(H4,24,26,27,28,29,30);2*(H,6,7). The first-order chi connectivity index (χ1) is 20.5. The Morgan fingerprint density at radius 3 is 2.16 bits per heavy atom. The number of alkyl halides is 6. The van der Waals surface area contributed by atoms with Gasteiger partial charge in [-0.3, -0.25) is 4.98 Å². The predicted molar refractivity (Wildman–Crippen MR) is 143 cm³/mol. The SMILES string of the molecule is CC(Nc1nc(N)nc2nc[nH]c12)c1ccc2ccccc2c1-c1cncc(F)c1.O=C(O)C(F)(F)F.O=C(O)C(F)(F)F. The third-order valence-corrected chi connectivity index (χ3v) is 5.56. The number of aromatic amines is 1. The van der Waals surface area contributed by atoms with Crippen LogP contribution in [0.2, 0.25) is 0 Å². The second-order valence-electron chi connectivity index (χ2n) is 8.65. The number of anilines is 2. The number of carbonyl (C=O) groups is 2. The molecule has 2 aromatic carbocycles. The summed E-state index contributed by atoms with van der Waals surface area (Å²) in [5.74, 6) is -5.20. The van der Waals surface area contributed by atoms with Crippen LogP contribution in [0.5, 0.6) is 0 Å². The van der Waals surface area contributed by atoms with Gasteiger partial charge in [0.25, 0.3) is 0 Å². The molecule has 11 nitrogen and oxygen atoms in total. The summed E-state index contributed by atoms with van der Waals surface area (Å²) in [6.45, 7) is 2.01. The molecular formula is C26H20F7N7O4. The van der Waals surface area contributed by atoms with Crippen LogP contribution in [0.1, 0.15) is 18.5 Å². The molecular weight excluding hydrogens is 607 g/mol. The van der Waals surface area contributed by atoms with Gasteiger partial charge in [-0.05, 0) is 34.9 Å². The van der Waals surface area contributed by atoms with Crippen molar-refractivity contribution in [2.75, 3.05) is 11.1 Å². The highest BCUT2D eigenvalue weighted by molar-refractivity contribution is 5.98. The molecule has 0 radical (unpaired) electrons. The van der Waals surface area contributed by atoms with E-state index in [-0.39, 0.29) is 17.8 Å². The summed E-state index contributed by atoms with van der Waals surface area (Å²) in [6, 6.07) is 13.4. The zero-order chi connectivity index (χ0) is 32.8. The zero-order valence-corrected chi connectivity index (χ0v) is 22.1. The van der Waals surface area contributed by atoms with Crippen molar-refractivity contribution in [1.29, 1.82) is 0 Å². The topological polar surface area (TPSA) is 180 Å². The Bertz CT molecular complexity index is 1770. The number of carboxylic acids is 2. The van der Waals surface area contributed by atoms with Gasteiger partial charge in [-0.15, -0.1) is 0 Å². The number of halogens is 7. The minimum absolute atomic E-state index is 0.136. The first-order valence-electron chi connectivity index (χ1n) is 11.9. The number of benzene rings is 2. The number of imidazole rings is 1. The molecule has 0 fully saturated rings. The molecule has 0 spiro atoms. The highest BCUT2D eigenvalue weighted by Crippen LogP contribution is 2.36. The Kier molecular flexibility index (Phi) is 9.87. The maximum absolute atomic E-state index is 14.0. The van der Waals surface area contributed by atoms with E-state index < -0.39 is 24.3 Å². The summed E-state index contributed by atoms with van der Waals surface area (Å²) in [6.07, 6.45) is -5.74. The van der Waals surface area contributed by atoms with Gasteiger partial charge in [-0.2, -0.15) is 36.3 Å². The Morgan fingerprint density at radius 2 is 1.57 bits per heavy atom. The fourth-order valence-electron chi connectivity index (χ4n) is 3.76. The molecule has 1 unspecified atom stereocenters. The number of nitrogens with zero attached hydrogens (tertiary/aromatic N) is 4. The van der Waals surface area contributed by atoms with E-state index >= 15 is 0 Å². The van der Waals surface area contributed by atoms with Gasteiger partial charge in [-0.25, -0.2) is 19.0 Å². The second kappa shape index (κ2) is 13.2. The summed E-state index contributed by atoms with van der Waals surface area (Å²) in [5.41, 5.74) is 9.62. The summed E-state index contributed by atoms with van der Waals surface area (Å²) in [7, 11) is 0. The number of nitrogens with two attached hydrogens (primary N) is 1. The van der Waals surface area contributed by atoms with Crippen LogP contribution in [0.25, 0.3) is 33.1 Å². The fraction of sp³-hybridized carbons (Fsp3) is 0.154. The van der Waals surface area contributed by atoms with Gasteiger partial charge in [0.15, 0.2) is 11.5 Å². The Labute approximate surface area is 241 Å². The largest absolute Gasteiger partial charge is 0.490 e. The van der Waals surface area contributed by atoms with E-state index in [4.69, 9.17) is 25.5 Å². The monoisotopic (exact) mass is 627 g/mol. The maximum Gasteiger partial charge on any atom is 0.490 e. The number of hydrogen-bond donors (Lipinski definition) is 5. The van der Waals surface area contributed by atoms with Crippen molar-refractivity contribution in [1.82, 2.24) is 24.9 Å². The number of H-pyrrole nitrogens is 1. The number of fused-ring (bicyclic) bond motifs is 2.